The van der Waals surface area contributed by atoms with Crippen molar-refractivity contribution < 1.29 is 18.7 Å². The number of nitrogens with zero attached hydrogens (tertiary/aromatic N) is 2. The van der Waals surface area contributed by atoms with Gasteiger partial charge in [-0.15, -0.1) is 0 Å². The maximum absolute atomic E-state index is 13.6. The topological polar surface area (TPSA) is 78.8 Å². The zero-order valence-electron chi connectivity index (χ0n) is 20.6. The zero-order chi connectivity index (χ0) is 26.2. The van der Waals surface area contributed by atoms with Crippen molar-refractivity contribution in [1.29, 1.82) is 0 Å². The number of hydrogen-bond donors (Lipinski definition) is 1. The molecule has 4 aromatic rings. The number of halogens is 2. The molecule has 0 saturated carbocycles. The summed E-state index contributed by atoms with van der Waals surface area (Å²) in [5.41, 5.74) is 3.02. The number of methoxy groups -OCH3 is 1. The number of ether oxygens (including phenoxy) is 1. The van der Waals surface area contributed by atoms with Crippen molar-refractivity contribution in [3.05, 3.63) is 94.0 Å². The summed E-state index contributed by atoms with van der Waals surface area (Å²) in [5, 5.41) is 2.01. The number of carbonyl (C=O) groups is 2. The minimum Gasteiger partial charge on any atom is -0.459 e. The summed E-state index contributed by atoms with van der Waals surface area (Å²) in [6.07, 6.45) is 4.66. The molecule has 0 saturated heterocycles. The number of hydrogen-bond acceptors (Lipinski definition) is 4. The first kappa shape index (κ1) is 26.8. The molecular weight excluding hydrogens is 513 g/mol. The van der Waals surface area contributed by atoms with E-state index in [2.05, 4.69) is 11.1 Å². The SMILES string of the molecule is COCCCN(CC(=O)N(CCc1c[nH]c2ccccc12)Cc1ccc(Cl)c(Cl)c1)C(=O)c1ccco1. The van der Waals surface area contributed by atoms with Gasteiger partial charge in [-0.2, -0.15) is 0 Å². The average molecular weight is 542 g/mol. The van der Waals surface area contributed by atoms with E-state index in [0.29, 0.717) is 49.1 Å². The molecular formula is C28H29Cl2N3O4. The smallest absolute Gasteiger partial charge is 0.290 e. The largest absolute Gasteiger partial charge is 0.459 e. The van der Waals surface area contributed by atoms with Crippen LogP contribution in [0.1, 0.15) is 28.1 Å². The minimum absolute atomic E-state index is 0.0849. The lowest BCUT2D eigenvalue weighted by Gasteiger charge is -2.27. The number of benzene rings is 2. The molecule has 9 heteroatoms. The van der Waals surface area contributed by atoms with Gasteiger partial charge in [-0.3, -0.25) is 9.59 Å². The van der Waals surface area contributed by atoms with Crippen LogP contribution in [-0.4, -0.2) is 59.9 Å². The third-order valence-electron chi connectivity index (χ3n) is 6.16. The molecule has 2 aromatic carbocycles. The van der Waals surface area contributed by atoms with Gasteiger partial charge in [0.2, 0.25) is 5.91 Å². The van der Waals surface area contributed by atoms with Crippen molar-refractivity contribution in [2.24, 2.45) is 0 Å². The lowest BCUT2D eigenvalue weighted by atomic mass is 10.1. The fourth-order valence-corrected chi connectivity index (χ4v) is 4.54. The molecule has 2 heterocycles. The normalized spacial score (nSPS) is 11.1. The summed E-state index contributed by atoms with van der Waals surface area (Å²) in [7, 11) is 1.60. The van der Waals surface area contributed by atoms with Crippen molar-refractivity contribution in [2.45, 2.75) is 19.4 Å². The number of furan rings is 1. The third kappa shape index (κ3) is 6.95. The molecule has 0 spiro atoms. The van der Waals surface area contributed by atoms with Gasteiger partial charge in [0.05, 0.1) is 16.3 Å². The average Bonchev–Trinajstić information content (AvgIpc) is 3.58. The van der Waals surface area contributed by atoms with E-state index in [1.165, 1.54) is 11.2 Å². The first-order valence-electron chi connectivity index (χ1n) is 12.0. The number of aromatic amines is 1. The van der Waals surface area contributed by atoms with E-state index in [9.17, 15) is 9.59 Å². The van der Waals surface area contributed by atoms with E-state index in [1.54, 1.807) is 36.3 Å². The van der Waals surface area contributed by atoms with Gasteiger partial charge in [0.1, 0.15) is 6.54 Å². The zero-order valence-corrected chi connectivity index (χ0v) is 22.1. The summed E-state index contributed by atoms with van der Waals surface area (Å²) in [5.74, 6) is -0.316. The molecule has 0 fully saturated rings. The van der Waals surface area contributed by atoms with Gasteiger partial charge in [0.25, 0.3) is 5.91 Å². The van der Waals surface area contributed by atoms with Crippen LogP contribution in [0.2, 0.25) is 10.0 Å². The molecule has 2 aromatic heterocycles. The van der Waals surface area contributed by atoms with E-state index in [4.69, 9.17) is 32.4 Å². The van der Waals surface area contributed by atoms with Gasteiger partial charge >= 0.3 is 0 Å². The van der Waals surface area contributed by atoms with Crippen molar-refractivity contribution >= 4 is 45.9 Å². The molecule has 0 radical (unpaired) electrons. The molecule has 37 heavy (non-hydrogen) atoms. The summed E-state index contributed by atoms with van der Waals surface area (Å²) in [4.78, 5) is 33.3. The Morgan fingerprint density at radius 1 is 1.00 bits per heavy atom. The van der Waals surface area contributed by atoms with Gasteiger partial charge in [-0.1, -0.05) is 47.5 Å². The van der Waals surface area contributed by atoms with Crippen LogP contribution in [0.15, 0.2) is 71.5 Å². The molecule has 194 valence electrons. The highest BCUT2D eigenvalue weighted by Crippen LogP contribution is 2.24. The maximum Gasteiger partial charge on any atom is 0.290 e. The molecule has 0 unspecified atom stereocenters. The Hall–Kier alpha value is -3.26. The van der Waals surface area contributed by atoms with Crippen LogP contribution in [0.4, 0.5) is 0 Å². The Morgan fingerprint density at radius 2 is 1.84 bits per heavy atom. The van der Waals surface area contributed by atoms with Crippen LogP contribution in [-0.2, 0) is 22.5 Å². The van der Waals surface area contributed by atoms with E-state index in [1.807, 2.05) is 30.5 Å². The van der Waals surface area contributed by atoms with Crippen molar-refractivity contribution in [3.63, 3.8) is 0 Å². The second-order valence-electron chi connectivity index (χ2n) is 8.72. The van der Waals surface area contributed by atoms with E-state index < -0.39 is 0 Å². The van der Waals surface area contributed by atoms with Crippen LogP contribution >= 0.6 is 23.2 Å². The monoisotopic (exact) mass is 541 g/mol. The highest BCUT2D eigenvalue weighted by Gasteiger charge is 2.24. The van der Waals surface area contributed by atoms with Crippen molar-refractivity contribution in [2.75, 3.05) is 33.4 Å². The maximum atomic E-state index is 13.6. The fourth-order valence-electron chi connectivity index (χ4n) is 4.22. The van der Waals surface area contributed by atoms with E-state index in [0.717, 1.165) is 22.0 Å². The quantitative estimate of drug-likeness (QED) is 0.229. The molecule has 0 aliphatic rings. The molecule has 2 amide bonds. The van der Waals surface area contributed by atoms with Gasteiger partial charge < -0.3 is 23.9 Å². The molecule has 0 aliphatic heterocycles. The standard InChI is InChI=1S/C28H29Cl2N3O4/c1-36-14-5-12-33(28(35)26-8-4-15-37-26)19-27(34)32(18-20-9-10-23(29)24(30)16-20)13-11-21-17-31-25-7-3-2-6-22(21)25/h2-4,6-10,15-17,31H,5,11-14,18-19H2,1H3. The Labute approximate surface area is 225 Å². The summed E-state index contributed by atoms with van der Waals surface area (Å²) in [6.45, 7) is 1.55. The number of rotatable bonds is 12. The highest BCUT2D eigenvalue weighted by molar-refractivity contribution is 6.42. The van der Waals surface area contributed by atoms with E-state index >= 15 is 0 Å². The van der Waals surface area contributed by atoms with Crippen molar-refractivity contribution in [3.8, 4) is 0 Å². The molecule has 4 rings (SSSR count). The Kier molecular flexibility index (Phi) is 9.28. The summed E-state index contributed by atoms with van der Waals surface area (Å²) in [6, 6.07) is 16.7. The number of amides is 2. The van der Waals surface area contributed by atoms with E-state index in [-0.39, 0.29) is 24.1 Å². The van der Waals surface area contributed by atoms with Gasteiger partial charge in [0.15, 0.2) is 5.76 Å². The molecule has 7 nitrogen and oxygen atoms in total. The van der Waals surface area contributed by atoms with Crippen LogP contribution in [0.25, 0.3) is 10.9 Å². The number of nitrogens with one attached hydrogen (secondary N) is 1. The highest BCUT2D eigenvalue weighted by atomic mass is 35.5. The molecule has 0 bridgehead atoms. The number of para-hydroxylation sites is 1. The predicted molar refractivity (Wildman–Crippen MR) is 145 cm³/mol. The van der Waals surface area contributed by atoms with Crippen LogP contribution in [0.5, 0.6) is 0 Å². The second kappa shape index (κ2) is 12.8. The lowest BCUT2D eigenvalue weighted by Crippen LogP contribution is -2.44. The van der Waals surface area contributed by atoms with Crippen LogP contribution in [0, 0.1) is 0 Å². The third-order valence-corrected chi connectivity index (χ3v) is 6.90. The first-order valence-corrected chi connectivity index (χ1v) is 12.8. The minimum atomic E-state index is -0.333. The summed E-state index contributed by atoms with van der Waals surface area (Å²) >= 11 is 12.3. The number of aromatic nitrogens is 1. The number of fused-ring (bicyclic) bond motifs is 1. The summed E-state index contributed by atoms with van der Waals surface area (Å²) < 4.78 is 10.5. The predicted octanol–water partition coefficient (Wildman–Crippen LogP) is 5.82. The Morgan fingerprint density at radius 3 is 2.59 bits per heavy atom. The van der Waals surface area contributed by atoms with Gasteiger partial charge in [0, 0.05) is 50.5 Å². The molecule has 0 aliphatic carbocycles. The van der Waals surface area contributed by atoms with Gasteiger partial charge in [-0.25, -0.2) is 0 Å². The van der Waals surface area contributed by atoms with Crippen molar-refractivity contribution in [1.82, 2.24) is 14.8 Å². The second-order valence-corrected chi connectivity index (χ2v) is 9.54. The van der Waals surface area contributed by atoms with Crippen LogP contribution in [0.3, 0.4) is 0 Å². The van der Waals surface area contributed by atoms with Gasteiger partial charge in [-0.05, 0) is 54.3 Å². The lowest BCUT2D eigenvalue weighted by molar-refractivity contribution is -0.132. The fraction of sp³-hybridized carbons (Fsp3) is 0.286. The Balaban J connectivity index is 1.54. The molecule has 0 atom stereocenters. The molecule has 1 N–H and O–H groups in total. The van der Waals surface area contributed by atoms with Crippen LogP contribution < -0.4 is 0 Å². The number of carbonyl (C=O) groups excluding carboxylic acids is 2. The first-order chi connectivity index (χ1) is 18.0. The Bertz CT molecular complexity index is 1340. The number of H-pyrrole nitrogens is 1.